The second-order valence-corrected chi connectivity index (χ2v) is 6.32. The topological polar surface area (TPSA) is 102 Å². The highest BCUT2D eigenvalue weighted by Gasteiger charge is 2.20. The molecule has 0 aliphatic carbocycles. The molecule has 8 nitrogen and oxygen atoms in total. The Morgan fingerprint density at radius 1 is 1.12 bits per heavy atom. The van der Waals surface area contributed by atoms with E-state index in [4.69, 9.17) is 5.11 Å². The van der Waals surface area contributed by atoms with Gasteiger partial charge in [0.2, 0.25) is 5.95 Å². The molecule has 1 fully saturated rings. The molecule has 2 aromatic rings. The van der Waals surface area contributed by atoms with Crippen LogP contribution in [0, 0.1) is 0 Å². The molecule has 0 bridgehead atoms. The summed E-state index contributed by atoms with van der Waals surface area (Å²) >= 11 is 0. The van der Waals surface area contributed by atoms with Gasteiger partial charge in [0.05, 0.1) is 0 Å². The van der Waals surface area contributed by atoms with Gasteiger partial charge in [0.1, 0.15) is 0 Å². The number of nitrogens with one attached hydrogen (secondary N) is 2. The van der Waals surface area contributed by atoms with Crippen molar-refractivity contribution >= 4 is 12.0 Å². The number of hydrogen-bond acceptors (Lipinski definition) is 5. The fourth-order valence-electron chi connectivity index (χ4n) is 2.95. The number of amides is 1. The number of aromatic nitrogens is 2. The van der Waals surface area contributed by atoms with Gasteiger partial charge < -0.3 is 15.3 Å². The lowest BCUT2D eigenvalue weighted by atomic mass is 10.1. The fourth-order valence-corrected chi connectivity index (χ4v) is 2.95. The number of nitrogens with zero attached hydrogens (tertiary/aromatic N) is 3. The Hall–Kier alpha value is -2.87. The molecule has 0 spiro atoms. The molecule has 0 saturated carbocycles. The smallest absolute Gasteiger partial charge is 0.407 e. The molecule has 1 aliphatic heterocycles. The summed E-state index contributed by atoms with van der Waals surface area (Å²) in [4.78, 5) is 32.6. The second kappa shape index (κ2) is 8.48. The number of carboxylic acid groups (broad SMARTS) is 1. The summed E-state index contributed by atoms with van der Waals surface area (Å²) in [6.07, 6.45) is 1.47. The summed E-state index contributed by atoms with van der Waals surface area (Å²) in [5.41, 5.74) is 2.26. The summed E-state index contributed by atoms with van der Waals surface area (Å²) in [6.45, 7) is 4.18. The van der Waals surface area contributed by atoms with Crippen LogP contribution >= 0.6 is 0 Å². The Bertz CT molecular complexity index is 782. The van der Waals surface area contributed by atoms with E-state index in [1.807, 2.05) is 0 Å². The Kier molecular flexibility index (Phi) is 5.85. The zero-order valence-electron chi connectivity index (χ0n) is 14.5. The summed E-state index contributed by atoms with van der Waals surface area (Å²) in [7, 11) is 0. The first-order chi connectivity index (χ1) is 12.6. The van der Waals surface area contributed by atoms with E-state index in [1.54, 1.807) is 0 Å². The van der Waals surface area contributed by atoms with Crippen LogP contribution in [0.3, 0.4) is 0 Å². The van der Waals surface area contributed by atoms with Gasteiger partial charge in [-0.1, -0.05) is 24.3 Å². The van der Waals surface area contributed by atoms with Gasteiger partial charge in [-0.05, 0) is 17.5 Å². The van der Waals surface area contributed by atoms with E-state index in [1.165, 1.54) is 28.3 Å². The fraction of sp³-hybridized carbons (Fsp3) is 0.389. The molecule has 2 heterocycles. The van der Waals surface area contributed by atoms with Crippen LogP contribution in [0.5, 0.6) is 0 Å². The maximum Gasteiger partial charge on any atom is 0.407 e. The van der Waals surface area contributed by atoms with E-state index in [2.05, 4.69) is 44.5 Å². The Morgan fingerprint density at radius 2 is 1.81 bits per heavy atom. The van der Waals surface area contributed by atoms with E-state index < -0.39 is 6.09 Å². The van der Waals surface area contributed by atoms with Crippen molar-refractivity contribution in [2.24, 2.45) is 0 Å². The predicted molar refractivity (Wildman–Crippen MR) is 98.4 cm³/mol. The molecule has 1 aromatic carbocycles. The van der Waals surface area contributed by atoms with Crippen LogP contribution in [-0.4, -0.2) is 63.7 Å². The minimum absolute atomic E-state index is 0.170. The van der Waals surface area contributed by atoms with Crippen molar-refractivity contribution in [1.29, 1.82) is 0 Å². The van der Waals surface area contributed by atoms with Crippen LogP contribution in [0.4, 0.5) is 10.7 Å². The molecule has 1 aromatic heterocycles. The van der Waals surface area contributed by atoms with Crippen LogP contribution in [-0.2, 0) is 13.0 Å². The molecule has 0 atom stereocenters. The largest absolute Gasteiger partial charge is 0.465 e. The first kappa shape index (κ1) is 17.9. The van der Waals surface area contributed by atoms with E-state index >= 15 is 0 Å². The lowest BCUT2D eigenvalue weighted by Crippen LogP contribution is -2.47. The molecule has 1 amide bonds. The molecule has 8 heteroatoms. The van der Waals surface area contributed by atoms with Crippen molar-refractivity contribution in [3.8, 4) is 0 Å². The van der Waals surface area contributed by atoms with Crippen molar-refractivity contribution in [2.75, 3.05) is 38.0 Å². The van der Waals surface area contributed by atoms with Gasteiger partial charge in [0.25, 0.3) is 5.56 Å². The molecule has 0 radical (unpaired) electrons. The predicted octanol–water partition coefficient (Wildman–Crippen LogP) is 1.22. The van der Waals surface area contributed by atoms with Gasteiger partial charge in [-0.3, -0.25) is 14.7 Å². The molecular formula is C18H23N5O3. The normalized spacial score (nSPS) is 15.0. The Labute approximate surface area is 151 Å². The SMILES string of the molecule is O=C(O)N1CCN(Cc2ccc(CCNc3nccc(=O)[nH]3)cc2)CC1. The Balaban J connectivity index is 1.43. The van der Waals surface area contributed by atoms with Crippen LogP contribution in [0.25, 0.3) is 0 Å². The molecule has 26 heavy (non-hydrogen) atoms. The quantitative estimate of drug-likeness (QED) is 0.719. The highest BCUT2D eigenvalue weighted by molar-refractivity contribution is 5.65. The van der Waals surface area contributed by atoms with E-state index in [9.17, 15) is 9.59 Å². The maximum absolute atomic E-state index is 11.2. The molecular weight excluding hydrogens is 334 g/mol. The first-order valence-electron chi connectivity index (χ1n) is 8.67. The van der Waals surface area contributed by atoms with Crippen LogP contribution in [0.1, 0.15) is 11.1 Å². The molecule has 1 saturated heterocycles. The first-order valence-corrected chi connectivity index (χ1v) is 8.67. The van der Waals surface area contributed by atoms with E-state index in [-0.39, 0.29) is 5.56 Å². The molecule has 1 aliphatic rings. The number of anilines is 1. The van der Waals surface area contributed by atoms with Crippen molar-refractivity contribution in [2.45, 2.75) is 13.0 Å². The van der Waals surface area contributed by atoms with E-state index in [0.717, 1.165) is 26.1 Å². The van der Waals surface area contributed by atoms with Crippen LogP contribution in [0.15, 0.2) is 41.3 Å². The standard InChI is InChI=1S/C18H23N5O3/c24-16-6-8-20-17(21-16)19-7-5-14-1-3-15(4-2-14)13-22-9-11-23(12-10-22)18(25)26/h1-4,6,8H,5,7,9-13H2,(H,25,26)(H2,19,20,21,24). The number of aromatic amines is 1. The van der Waals surface area contributed by atoms with E-state index in [0.29, 0.717) is 25.6 Å². The monoisotopic (exact) mass is 357 g/mol. The minimum atomic E-state index is -0.836. The number of H-pyrrole nitrogens is 1. The Morgan fingerprint density at radius 3 is 2.46 bits per heavy atom. The van der Waals surface area contributed by atoms with Crippen molar-refractivity contribution in [3.63, 3.8) is 0 Å². The number of rotatable bonds is 6. The van der Waals surface area contributed by atoms with Gasteiger partial charge in [0.15, 0.2) is 0 Å². The summed E-state index contributed by atoms with van der Waals surface area (Å²) in [5, 5.41) is 12.1. The third kappa shape index (κ3) is 5.06. The molecule has 3 rings (SSSR count). The molecule has 0 unspecified atom stereocenters. The third-order valence-electron chi connectivity index (χ3n) is 4.45. The number of piperazine rings is 1. The molecule has 138 valence electrons. The van der Waals surface area contributed by atoms with Crippen molar-refractivity contribution in [3.05, 3.63) is 58.0 Å². The van der Waals surface area contributed by atoms with Gasteiger partial charge in [0, 0.05) is 51.5 Å². The lowest BCUT2D eigenvalue weighted by Gasteiger charge is -2.33. The average molecular weight is 357 g/mol. The highest BCUT2D eigenvalue weighted by atomic mass is 16.4. The van der Waals surface area contributed by atoms with Crippen LogP contribution < -0.4 is 10.9 Å². The minimum Gasteiger partial charge on any atom is -0.465 e. The van der Waals surface area contributed by atoms with Crippen molar-refractivity contribution in [1.82, 2.24) is 19.8 Å². The van der Waals surface area contributed by atoms with Gasteiger partial charge in [-0.25, -0.2) is 9.78 Å². The molecule has 3 N–H and O–H groups in total. The number of carbonyl (C=O) groups is 1. The van der Waals surface area contributed by atoms with Crippen LogP contribution in [0.2, 0.25) is 0 Å². The second-order valence-electron chi connectivity index (χ2n) is 6.32. The summed E-state index contributed by atoms with van der Waals surface area (Å²) in [5.74, 6) is 0.481. The maximum atomic E-state index is 11.2. The third-order valence-corrected chi connectivity index (χ3v) is 4.45. The van der Waals surface area contributed by atoms with Crippen molar-refractivity contribution < 1.29 is 9.90 Å². The average Bonchev–Trinajstić information content (AvgIpc) is 2.64. The lowest BCUT2D eigenvalue weighted by molar-refractivity contribution is 0.103. The zero-order chi connectivity index (χ0) is 18.4. The zero-order valence-corrected chi connectivity index (χ0v) is 14.5. The van der Waals surface area contributed by atoms with Gasteiger partial charge >= 0.3 is 6.09 Å². The number of hydrogen-bond donors (Lipinski definition) is 3. The number of benzene rings is 1. The van der Waals surface area contributed by atoms with Gasteiger partial charge in [-0.15, -0.1) is 0 Å². The highest BCUT2D eigenvalue weighted by Crippen LogP contribution is 2.11. The van der Waals surface area contributed by atoms with Gasteiger partial charge in [-0.2, -0.15) is 0 Å². The summed E-state index contributed by atoms with van der Waals surface area (Å²) in [6, 6.07) is 9.81. The summed E-state index contributed by atoms with van der Waals surface area (Å²) < 4.78 is 0.